The van der Waals surface area contributed by atoms with Gasteiger partial charge in [0.1, 0.15) is 9.84 Å². The van der Waals surface area contributed by atoms with Crippen molar-refractivity contribution in [3.8, 4) is 0 Å². The number of halogens is 1. The fourth-order valence-electron chi connectivity index (χ4n) is 1.52. The first-order valence-corrected chi connectivity index (χ1v) is 8.40. The van der Waals surface area contributed by atoms with Crippen molar-refractivity contribution in [2.45, 2.75) is 19.4 Å². The van der Waals surface area contributed by atoms with Crippen LogP contribution in [0, 0.1) is 0 Å². The molecule has 5 heteroatoms. The number of sulfone groups is 1. The lowest BCUT2D eigenvalue weighted by Gasteiger charge is -2.14. The Morgan fingerprint density at radius 3 is 2.41 bits per heavy atom. The summed E-state index contributed by atoms with van der Waals surface area (Å²) in [5.74, 6) is 0.243. The summed E-state index contributed by atoms with van der Waals surface area (Å²) in [6.07, 6.45) is 1.92. The first-order chi connectivity index (χ1) is 7.88. The van der Waals surface area contributed by atoms with Crippen LogP contribution in [-0.2, 0) is 9.84 Å². The van der Waals surface area contributed by atoms with Crippen LogP contribution in [-0.4, -0.2) is 27.0 Å². The second-order valence-electron chi connectivity index (χ2n) is 4.21. The monoisotopic (exact) mass is 319 g/mol. The normalized spacial score (nSPS) is 13.6. The van der Waals surface area contributed by atoms with Crippen molar-refractivity contribution in [1.29, 1.82) is 0 Å². The molecule has 0 aromatic heterocycles. The molecule has 0 fully saturated rings. The van der Waals surface area contributed by atoms with Crippen molar-refractivity contribution in [2.24, 2.45) is 0 Å². The molecule has 0 aliphatic heterocycles. The molecule has 0 saturated heterocycles. The van der Waals surface area contributed by atoms with Crippen LogP contribution < -0.4 is 5.32 Å². The summed E-state index contributed by atoms with van der Waals surface area (Å²) in [7, 11) is -2.84. The fraction of sp³-hybridized carbons (Fsp3) is 0.500. The van der Waals surface area contributed by atoms with Gasteiger partial charge in [0.05, 0.1) is 5.75 Å². The first-order valence-electron chi connectivity index (χ1n) is 5.55. The van der Waals surface area contributed by atoms with E-state index in [2.05, 4.69) is 40.3 Å². The summed E-state index contributed by atoms with van der Waals surface area (Å²) in [5, 5.41) is 3.31. The predicted octanol–water partition coefficient (Wildman–Crippen LogP) is 2.53. The highest BCUT2D eigenvalue weighted by atomic mass is 79.9. The number of benzene rings is 1. The second-order valence-corrected chi connectivity index (χ2v) is 7.39. The van der Waals surface area contributed by atoms with Crippen LogP contribution >= 0.6 is 15.9 Å². The fourth-order valence-corrected chi connectivity index (χ4v) is 2.46. The molecule has 17 heavy (non-hydrogen) atoms. The molecule has 1 rings (SSSR count). The Morgan fingerprint density at radius 2 is 1.88 bits per heavy atom. The van der Waals surface area contributed by atoms with Gasteiger partial charge in [-0.2, -0.15) is 0 Å². The lowest BCUT2D eigenvalue weighted by Crippen LogP contribution is -2.21. The standard InChI is InChI=1S/C12H18BrNO2S/c1-10(11-4-6-12(13)7-5-11)14-8-3-9-17(2,15)16/h4-7,10,14H,3,8-9H2,1-2H3. The molecule has 1 unspecified atom stereocenters. The summed E-state index contributed by atoms with van der Waals surface area (Å²) < 4.78 is 23.0. The van der Waals surface area contributed by atoms with E-state index in [1.165, 1.54) is 11.8 Å². The maximum atomic E-state index is 11.0. The van der Waals surface area contributed by atoms with Crippen molar-refractivity contribution < 1.29 is 8.42 Å². The number of hydrogen-bond donors (Lipinski definition) is 1. The molecule has 1 aromatic carbocycles. The van der Waals surface area contributed by atoms with Crippen molar-refractivity contribution >= 4 is 25.8 Å². The second kappa shape index (κ2) is 6.52. The Bertz CT molecular complexity index is 442. The highest BCUT2D eigenvalue weighted by molar-refractivity contribution is 9.10. The largest absolute Gasteiger partial charge is 0.310 e. The lowest BCUT2D eigenvalue weighted by molar-refractivity contribution is 0.562. The number of nitrogens with one attached hydrogen (secondary N) is 1. The minimum Gasteiger partial charge on any atom is -0.310 e. The van der Waals surface area contributed by atoms with Gasteiger partial charge in [-0.1, -0.05) is 28.1 Å². The Balaban J connectivity index is 2.35. The van der Waals surface area contributed by atoms with Crippen molar-refractivity contribution in [3.05, 3.63) is 34.3 Å². The minimum atomic E-state index is -2.84. The Kier molecular flexibility index (Phi) is 5.62. The van der Waals surface area contributed by atoms with Crippen LogP contribution in [0.5, 0.6) is 0 Å². The highest BCUT2D eigenvalue weighted by Gasteiger charge is 2.05. The van der Waals surface area contributed by atoms with Gasteiger partial charge in [0, 0.05) is 16.8 Å². The van der Waals surface area contributed by atoms with E-state index in [9.17, 15) is 8.42 Å². The summed E-state index contributed by atoms with van der Waals surface area (Å²) in [6.45, 7) is 2.79. The average Bonchev–Trinajstić information content (AvgIpc) is 2.24. The molecule has 1 atom stereocenters. The lowest BCUT2D eigenvalue weighted by atomic mass is 10.1. The summed E-state index contributed by atoms with van der Waals surface area (Å²) in [4.78, 5) is 0. The van der Waals surface area contributed by atoms with E-state index in [-0.39, 0.29) is 11.8 Å². The SMILES string of the molecule is CC(NCCCS(C)(=O)=O)c1ccc(Br)cc1. The van der Waals surface area contributed by atoms with Crippen LogP contribution in [0.2, 0.25) is 0 Å². The van der Waals surface area contributed by atoms with Gasteiger partial charge in [-0.05, 0) is 37.6 Å². The zero-order valence-electron chi connectivity index (χ0n) is 10.1. The molecule has 3 nitrogen and oxygen atoms in total. The smallest absolute Gasteiger partial charge is 0.147 e. The topological polar surface area (TPSA) is 46.2 Å². The third-order valence-corrected chi connectivity index (χ3v) is 4.07. The summed E-state index contributed by atoms with van der Waals surface area (Å²) >= 11 is 3.39. The number of hydrogen-bond acceptors (Lipinski definition) is 3. The van der Waals surface area contributed by atoms with Crippen LogP contribution in [0.15, 0.2) is 28.7 Å². The van der Waals surface area contributed by atoms with E-state index in [0.717, 1.165) is 4.47 Å². The quantitative estimate of drug-likeness (QED) is 0.820. The molecule has 0 radical (unpaired) electrons. The van der Waals surface area contributed by atoms with Gasteiger partial charge in [0.25, 0.3) is 0 Å². The Morgan fingerprint density at radius 1 is 1.29 bits per heavy atom. The molecule has 1 N–H and O–H groups in total. The molecular formula is C12H18BrNO2S. The molecule has 0 bridgehead atoms. The van der Waals surface area contributed by atoms with Gasteiger partial charge >= 0.3 is 0 Å². The predicted molar refractivity (Wildman–Crippen MR) is 74.9 cm³/mol. The van der Waals surface area contributed by atoms with Crippen molar-refractivity contribution in [2.75, 3.05) is 18.6 Å². The maximum Gasteiger partial charge on any atom is 0.147 e. The molecule has 96 valence electrons. The van der Waals surface area contributed by atoms with Gasteiger partial charge in [-0.15, -0.1) is 0 Å². The van der Waals surface area contributed by atoms with E-state index in [4.69, 9.17) is 0 Å². The molecule has 0 heterocycles. The summed E-state index contributed by atoms with van der Waals surface area (Å²) in [5.41, 5.74) is 1.20. The maximum absolute atomic E-state index is 11.0. The van der Waals surface area contributed by atoms with Gasteiger partial charge < -0.3 is 5.32 Å². The third-order valence-electron chi connectivity index (χ3n) is 2.51. The van der Waals surface area contributed by atoms with Crippen molar-refractivity contribution in [1.82, 2.24) is 5.32 Å². The van der Waals surface area contributed by atoms with E-state index >= 15 is 0 Å². The van der Waals surface area contributed by atoms with Crippen LogP contribution in [0.4, 0.5) is 0 Å². The molecule has 0 spiro atoms. The Labute approximate surface area is 112 Å². The van der Waals surface area contributed by atoms with E-state index in [1.54, 1.807) is 0 Å². The van der Waals surface area contributed by atoms with Crippen molar-refractivity contribution in [3.63, 3.8) is 0 Å². The molecular weight excluding hydrogens is 302 g/mol. The van der Waals surface area contributed by atoms with Gasteiger partial charge in [-0.25, -0.2) is 8.42 Å². The van der Waals surface area contributed by atoms with E-state index in [0.29, 0.717) is 13.0 Å². The van der Waals surface area contributed by atoms with Gasteiger partial charge in [0.15, 0.2) is 0 Å². The molecule has 1 aromatic rings. The van der Waals surface area contributed by atoms with E-state index < -0.39 is 9.84 Å². The molecule has 0 aliphatic rings. The highest BCUT2D eigenvalue weighted by Crippen LogP contribution is 2.16. The van der Waals surface area contributed by atoms with E-state index in [1.807, 2.05) is 12.1 Å². The van der Waals surface area contributed by atoms with Gasteiger partial charge in [0.2, 0.25) is 0 Å². The number of rotatable bonds is 6. The zero-order chi connectivity index (χ0) is 12.9. The zero-order valence-corrected chi connectivity index (χ0v) is 12.5. The van der Waals surface area contributed by atoms with Crippen LogP contribution in [0.1, 0.15) is 24.9 Å². The van der Waals surface area contributed by atoms with Gasteiger partial charge in [-0.3, -0.25) is 0 Å². The van der Waals surface area contributed by atoms with Crippen LogP contribution in [0.25, 0.3) is 0 Å². The summed E-state index contributed by atoms with van der Waals surface area (Å²) in [6, 6.07) is 8.35. The Hall–Kier alpha value is -0.390. The molecule has 0 saturated carbocycles. The van der Waals surface area contributed by atoms with Crippen LogP contribution in [0.3, 0.4) is 0 Å². The first kappa shape index (κ1) is 14.7. The molecule has 0 amide bonds. The third kappa shape index (κ3) is 6.19. The average molecular weight is 320 g/mol. The minimum absolute atomic E-state index is 0.239. The molecule has 0 aliphatic carbocycles.